The summed E-state index contributed by atoms with van der Waals surface area (Å²) >= 11 is 6.10. The number of primary amides is 1. The van der Waals surface area contributed by atoms with Crippen molar-refractivity contribution in [2.75, 3.05) is 10.6 Å². The number of nitrogens with one attached hydrogen (secondary N) is 2. The van der Waals surface area contributed by atoms with Gasteiger partial charge in [-0.15, -0.1) is 0 Å². The van der Waals surface area contributed by atoms with E-state index in [0.29, 0.717) is 55.6 Å². The van der Waals surface area contributed by atoms with E-state index in [1.165, 1.54) is 0 Å². The molecule has 0 spiro atoms. The number of anilines is 3. The number of hydrogen-bond donors (Lipinski definition) is 4. The lowest BCUT2D eigenvalue weighted by molar-refractivity contribution is -0.122. The van der Waals surface area contributed by atoms with Crippen LogP contribution in [0.2, 0.25) is 5.02 Å². The number of hydrogen-bond acceptors (Lipinski definition) is 7. The molecule has 2 saturated carbocycles. The first kappa shape index (κ1) is 22.7. The van der Waals surface area contributed by atoms with Crippen LogP contribution in [0.15, 0.2) is 18.3 Å². The van der Waals surface area contributed by atoms with Gasteiger partial charge in [-0.3, -0.25) is 9.36 Å². The molecule has 1 aromatic carbocycles. The van der Waals surface area contributed by atoms with Crippen LogP contribution in [0.4, 0.5) is 26.4 Å². The molecule has 180 valence electrons. The quantitative estimate of drug-likeness (QED) is 0.414. The van der Waals surface area contributed by atoms with Gasteiger partial charge >= 0.3 is 0 Å². The van der Waals surface area contributed by atoms with Crippen LogP contribution in [0.25, 0.3) is 11.2 Å². The van der Waals surface area contributed by atoms with E-state index in [9.17, 15) is 18.7 Å². The second kappa shape index (κ2) is 8.95. The summed E-state index contributed by atoms with van der Waals surface area (Å²) in [5.41, 5.74) is 6.41. The van der Waals surface area contributed by atoms with Gasteiger partial charge in [0, 0.05) is 24.1 Å². The Morgan fingerprint density at radius 1 is 1.18 bits per heavy atom. The molecule has 3 aromatic rings. The van der Waals surface area contributed by atoms with Crippen molar-refractivity contribution in [2.45, 2.75) is 56.7 Å². The zero-order valence-electron chi connectivity index (χ0n) is 18.1. The predicted octanol–water partition coefficient (Wildman–Crippen LogP) is 3.65. The van der Waals surface area contributed by atoms with Gasteiger partial charge in [0.1, 0.15) is 11.3 Å². The monoisotopic (exact) mass is 491 g/mol. The number of carbonyl (C=O) groups excluding carboxylic acids is 1. The standard InChI is InChI=1S/C22H24ClF2N7O2/c23-15-5-11(24)6-16(25)18(15)30-22-29-17-9-27-21(28-12-7-14(33)8-12)31-20(17)32(22)13-3-1-10(2-4-13)19(26)34/h5-6,9-10,12-14,33H,1-4,7-8H2,(H2,26,34)(H,29,30)(H,27,28,31)/t10-,12-,13+,14-. The first-order valence-corrected chi connectivity index (χ1v) is 11.6. The van der Waals surface area contributed by atoms with Crippen molar-refractivity contribution in [3.63, 3.8) is 0 Å². The summed E-state index contributed by atoms with van der Waals surface area (Å²) in [5, 5.41) is 15.5. The fraction of sp³-hybridized carbons (Fsp3) is 0.455. The molecule has 2 aliphatic rings. The summed E-state index contributed by atoms with van der Waals surface area (Å²) in [4.78, 5) is 25.2. The number of rotatable bonds is 6. The Labute approximate surface area is 198 Å². The number of amides is 1. The first-order chi connectivity index (χ1) is 16.3. The second-order valence-corrected chi connectivity index (χ2v) is 9.36. The van der Waals surface area contributed by atoms with Crippen LogP contribution in [-0.4, -0.2) is 42.7 Å². The van der Waals surface area contributed by atoms with Gasteiger partial charge in [-0.25, -0.2) is 18.7 Å². The Hall–Kier alpha value is -3.05. The summed E-state index contributed by atoms with van der Waals surface area (Å²) in [6.45, 7) is 0. The molecule has 12 heteroatoms. The van der Waals surface area contributed by atoms with Gasteiger partial charge in [-0.2, -0.15) is 4.98 Å². The number of fused-ring (bicyclic) bond motifs is 1. The molecule has 0 aliphatic heterocycles. The average Bonchev–Trinajstić information content (AvgIpc) is 3.12. The van der Waals surface area contributed by atoms with Crippen molar-refractivity contribution >= 4 is 46.3 Å². The lowest BCUT2D eigenvalue weighted by Gasteiger charge is -2.32. The van der Waals surface area contributed by atoms with Crippen LogP contribution in [-0.2, 0) is 4.79 Å². The maximum absolute atomic E-state index is 14.5. The molecule has 0 atom stereocenters. The molecule has 2 aliphatic carbocycles. The highest BCUT2D eigenvalue weighted by atomic mass is 35.5. The van der Waals surface area contributed by atoms with Crippen molar-refractivity contribution in [2.24, 2.45) is 11.7 Å². The van der Waals surface area contributed by atoms with Gasteiger partial charge in [0.15, 0.2) is 11.5 Å². The third-order valence-corrected chi connectivity index (χ3v) is 6.89. The number of halogens is 3. The SMILES string of the molecule is NC(=O)[C@H]1CC[C@@H](n2c(Nc3c(F)cc(F)cc3Cl)nc3cnc(N[C@H]4C[C@H](O)C4)nc32)CC1. The largest absolute Gasteiger partial charge is 0.393 e. The summed E-state index contributed by atoms with van der Waals surface area (Å²) in [6, 6.07) is 1.76. The summed E-state index contributed by atoms with van der Waals surface area (Å²) in [7, 11) is 0. The molecule has 9 nitrogen and oxygen atoms in total. The fourth-order valence-electron chi connectivity index (χ4n) is 4.67. The molecule has 2 aromatic heterocycles. The van der Waals surface area contributed by atoms with E-state index in [2.05, 4.69) is 25.6 Å². The molecule has 0 radical (unpaired) electrons. The van der Waals surface area contributed by atoms with Gasteiger partial charge in [-0.05, 0) is 44.6 Å². The van der Waals surface area contributed by atoms with Gasteiger partial charge in [0.2, 0.25) is 17.8 Å². The van der Waals surface area contributed by atoms with Crippen molar-refractivity contribution < 1.29 is 18.7 Å². The van der Waals surface area contributed by atoms with Crippen LogP contribution >= 0.6 is 11.6 Å². The fourth-order valence-corrected chi connectivity index (χ4v) is 4.92. The molecule has 1 amide bonds. The summed E-state index contributed by atoms with van der Waals surface area (Å²) in [6.07, 6.45) is 5.00. The van der Waals surface area contributed by atoms with Gasteiger partial charge in [0.25, 0.3) is 0 Å². The molecule has 2 fully saturated rings. The van der Waals surface area contributed by atoms with Crippen molar-refractivity contribution in [3.8, 4) is 0 Å². The minimum absolute atomic E-state index is 0.0829. The minimum atomic E-state index is -0.849. The Bertz CT molecular complexity index is 1220. The normalized spacial score (nSPS) is 24.6. The van der Waals surface area contributed by atoms with Crippen LogP contribution in [0.3, 0.4) is 0 Å². The number of aliphatic hydroxyl groups excluding tert-OH is 1. The van der Waals surface area contributed by atoms with Gasteiger partial charge in [0.05, 0.1) is 23.0 Å². The van der Waals surface area contributed by atoms with E-state index in [0.717, 1.165) is 12.1 Å². The Kier molecular flexibility index (Phi) is 5.98. The van der Waals surface area contributed by atoms with E-state index >= 15 is 0 Å². The molecule has 0 unspecified atom stereocenters. The van der Waals surface area contributed by atoms with Crippen LogP contribution in [0, 0.1) is 17.6 Å². The molecule has 0 bridgehead atoms. The third kappa shape index (κ3) is 4.37. The van der Waals surface area contributed by atoms with E-state index in [4.69, 9.17) is 17.3 Å². The molecule has 2 heterocycles. The van der Waals surface area contributed by atoms with Crippen molar-refractivity contribution in [3.05, 3.63) is 35.0 Å². The predicted molar refractivity (Wildman–Crippen MR) is 123 cm³/mol. The number of carbonyl (C=O) groups is 1. The highest BCUT2D eigenvalue weighted by molar-refractivity contribution is 6.33. The van der Waals surface area contributed by atoms with Crippen molar-refractivity contribution in [1.82, 2.24) is 19.5 Å². The Morgan fingerprint density at radius 3 is 2.56 bits per heavy atom. The molecule has 5 N–H and O–H groups in total. The van der Waals surface area contributed by atoms with Crippen LogP contribution in [0.1, 0.15) is 44.6 Å². The van der Waals surface area contributed by atoms with Crippen molar-refractivity contribution in [1.29, 1.82) is 0 Å². The molecular weight excluding hydrogens is 468 g/mol. The number of nitrogens with zero attached hydrogens (tertiary/aromatic N) is 4. The second-order valence-electron chi connectivity index (χ2n) is 8.95. The molecular formula is C22H24ClF2N7O2. The number of nitrogens with two attached hydrogens (primary N) is 1. The zero-order chi connectivity index (χ0) is 24.0. The smallest absolute Gasteiger partial charge is 0.224 e. The lowest BCUT2D eigenvalue weighted by Crippen LogP contribution is -2.39. The van der Waals surface area contributed by atoms with Crippen LogP contribution < -0.4 is 16.4 Å². The number of aromatic nitrogens is 4. The van der Waals surface area contributed by atoms with Crippen LogP contribution in [0.5, 0.6) is 0 Å². The minimum Gasteiger partial charge on any atom is -0.393 e. The van der Waals surface area contributed by atoms with Gasteiger partial charge < -0.3 is 21.5 Å². The van der Waals surface area contributed by atoms with E-state index in [1.807, 2.05) is 4.57 Å². The highest BCUT2D eigenvalue weighted by Gasteiger charge is 2.31. The third-order valence-electron chi connectivity index (χ3n) is 6.59. The maximum Gasteiger partial charge on any atom is 0.224 e. The number of aliphatic hydroxyl groups is 1. The average molecular weight is 492 g/mol. The lowest BCUT2D eigenvalue weighted by atomic mass is 9.85. The zero-order valence-corrected chi connectivity index (χ0v) is 18.9. The molecule has 0 saturated heterocycles. The van der Waals surface area contributed by atoms with E-state index in [-0.39, 0.29) is 46.7 Å². The van der Waals surface area contributed by atoms with Gasteiger partial charge in [-0.1, -0.05) is 11.6 Å². The topological polar surface area (TPSA) is 131 Å². The number of imidazole rings is 1. The maximum atomic E-state index is 14.5. The Balaban J connectivity index is 1.52. The number of benzene rings is 1. The van der Waals surface area contributed by atoms with E-state index < -0.39 is 11.6 Å². The first-order valence-electron chi connectivity index (χ1n) is 11.2. The highest BCUT2D eigenvalue weighted by Crippen LogP contribution is 2.38. The molecule has 5 rings (SSSR count). The van der Waals surface area contributed by atoms with E-state index in [1.54, 1.807) is 6.20 Å². The summed E-state index contributed by atoms with van der Waals surface area (Å²) in [5.74, 6) is -1.45. The molecule has 34 heavy (non-hydrogen) atoms. The summed E-state index contributed by atoms with van der Waals surface area (Å²) < 4.78 is 29.9. The Morgan fingerprint density at radius 2 is 1.91 bits per heavy atom.